The van der Waals surface area contributed by atoms with Crippen molar-refractivity contribution in [1.29, 1.82) is 0 Å². The second-order valence-electron chi connectivity index (χ2n) is 9.69. The van der Waals surface area contributed by atoms with Crippen molar-refractivity contribution in [2.24, 2.45) is 0 Å². The van der Waals surface area contributed by atoms with Gasteiger partial charge in [0.2, 0.25) is 11.7 Å². The Morgan fingerprint density at radius 1 is 1.11 bits per heavy atom. The van der Waals surface area contributed by atoms with Crippen LogP contribution in [0, 0.1) is 0 Å². The first kappa shape index (κ1) is 23.4. The molecule has 10 heteroatoms. The molecule has 37 heavy (non-hydrogen) atoms. The lowest BCUT2D eigenvalue weighted by atomic mass is 9.75. The van der Waals surface area contributed by atoms with Gasteiger partial charge in [0.15, 0.2) is 0 Å². The Hall–Kier alpha value is -3.95. The predicted octanol–water partition coefficient (Wildman–Crippen LogP) is 5.38. The van der Waals surface area contributed by atoms with Gasteiger partial charge < -0.3 is 24.1 Å². The largest absolute Gasteiger partial charge is 0.491 e. The van der Waals surface area contributed by atoms with Crippen LogP contribution in [0.25, 0.3) is 0 Å². The van der Waals surface area contributed by atoms with Gasteiger partial charge in [-0.3, -0.25) is 4.79 Å². The minimum absolute atomic E-state index is 0.0143. The fraction of sp³-hybridized carbons (Fsp3) is 0.333. The minimum Gasteiger partial charge on any atom is -0.491 e. The highest BCUT2D eigenvalue weighted by atomic mass is 19.4. The third-order valence-electron chi connectivity index (χ3n) is 7.59. The number of carbonyl (C=O) groups is 2. The van der Waals surface area contributed by atoms with E-state index in [9.17, 15) is 27.9 Å². The van der Waals surface area contributed by atoms with Crippen LogP contribution in [0.5, 0.6) is 5.75 Å². The van der Waals surface area contributed by atoms with E-state index >= 15 is 0 Å². The average Bonchev–Trinajstić information content (AvgIpc) is 3.57. The van der Waals surface area contributed by atoms with E-state index in [4.69, 9.17) is 9.15 Å². The number of furan rings is 1. The molecule has 2 unspecified atom stereocenters. The predicted molar refractivity (Wildman–Crippen MR) is 126 cm³/mol. The number of piperidine rings is 1. The third-order valence-corrected chi connectivity index (χ3v) is 7.59. The molecule has 3 aliphatic rings. The summed E-state index contributed by atoms with van der Waals surface area (Å²) in [5.41, 5.74) is 1.78. The smallest absolute Gasteiger partial charge is 0.449 e. The number of hydrogen-bond donors (Lipinski definition) is 1. The fourth-order valence-electron chi connectivity index (χ4n) is 5.80. The summed E-state index contributed by atoms with van der Waals surface area (Å²) in [4.78, 5) is 28.5. The molecule has 0 saturated carbocycles. The molecule has 0 bridgehead atoms. The molecule has 0 aliphatic carbocycles. The van der Waals surface area contributed by atoms with Gasteiger partial charge in [-0.1, -0.05) is 30.3 Å². The van der Waals surface area contributed by atoms with Crippen LogP contribution in [-0.4, -0.2) is 41.7 Å². The van der Waals surface area contributed by atoms with Gasteiger partial charge in [-0.15, -0.1) is 0 Å². The number of benzene rings is 2. The maximum atomic E-state index is 14.1. The monoisotopic (exact) mass is 512 g/mol. The third kappa shape index (κ3) is 3.65. The lowest BCUT2D eigenvalue weighted by Gasteiger charge is -2.31. The van der Waals surface area contributed by atoms with E-state index in [0.29, 0.717) is 35.7 Å². The van der Waals surface area contributed by atoms with E-state index in [1.807, 2.05) is 30.3 Å². The highest BCUT2D eigenvalue weighted by Crippen LogP contribution is 2.53. The molecule has 4 heterocycles. The van der Waals surface area contributed by atoms with Crippen molar-refractivity contribution in [3.63, 3.8) is 0 Å². The Morgan fingerprint density at radius 2 is 1.92 bits per heavy atom. The van der Waals surface area contributed by atoms with E-state index in [1.54, 1.807) is 12.1 Å². The van der Waals surface area contributed by atoms with Crippen LogP contribution in [0.1, 0.15) is 47.0 Å². The highest BCUT2D eigenvalue weighted by Gasteiger charge is 2.57. The number of alkyl halides is 3. The number of ether oxygens (including phenoxy) is 1. The number of nitrogens with zero attached hydrogens (tertiary/aromatic N) is 2. The molecule has 7 nitrogen and oxygen atoms in total. The molecule has 2 atom stereocenters. The molecular weight excluding hydrogens is 489 g/mol. The molecule has 192 valence electrons. The summed E-state index contributed by atoms with van der Waals surface area (Å²) in [5, 5.41) is 9.45. The van der Waals surface area contributed by atoms with Crippen LogP contribution < -0.4 is 9.64 Å². The number of carbonyl (C=O) groups excluding carboxylic acids is 1. The van der Waals surface area contributed by atoms with Crippen LogP contribution in [0.3, 0.4) is 0 Å². The molecule has 2 amide bonds. The number of amides is 2. The molecule has 3 aliphatic heterocycles. The zero-order chi connectivity index (χ0) is 25.9. The number of fused-ring (bicyclic) bond motifs is 4. The molecule has 0 radical (unpaired) electrons. The summed E-state index contributed by atoms with van der Waals surface area (Å²) in [5.74, 6) is -0.836. The number of hydrogen-bond acceptors (Lipinski definition) is 4. The van der Waals surface area contributed by atoms with Crippen LogP contribution in [0.4, 0.5) is 23.7 Å². The van der Waals surface area contributed by atoms with E-state index in [0.717, 1.165) is 24.5 Å². The summed E-state index contributed by atoms with van der Waals surface area (Å²) < 4.78 is 50.2. The van der Waals surface area contributed by atoms with Crippen LogP contribution in [0.2, 0.25) is 0 Å². The number of halogens is 3. The molecule has 2 aromatic carbocycles. The van der Waals surface area contributed by atoms with Crippen molar-refractivity contribution in [1.82, 2.24) is 4.90 Å². The standard InChI is InChI=1S/C27H23F3N2O5/c28-27(29,30)23-10-8-18(37-23)14-32-21-6-2-1-5-19(21)26(24(32)33)15-36-22-9-7-16(12-20(22)26)17-4-3-11-31(13-17)25(34)35/h1-2,5-10,12,17H,3-4,11,13-15H2,(H,34,35). The van der Waals surface area contributed by atoms with E-state index < -0.39 is 23.4 Å². The van der Waals surface area contributed by atoms with Crippen molar-refractivity contribution >= 4 is 17.7 Å². The van der Waals surface area contributed by atoms with Gasteiger partial charge >= 0.3 is 12.3 Å². The van der Waals surface area contributed by atoms with Gasteiger partial charge in [0, 0.05) is 30.3 Å². The van der Waals surface area contributed by atoms with Crippen LogP contribution in [-0.2, 0) is 22.9 Å². The molecule has 3 aromatic rings. The quantitative estimate of drug-likeness (QED) is 0.510. The Morgan fingerprint density at radius 3 is 2.68 bits per heavy atom. The van der Waals surface area contributed by atoms with E-state index in [1.165, 1.54) is 15.9 Å². The second-order valence-corrected chi connectivity index (χ2v) is 9.69. The molecule has 1 N–H and O–H groups in total. The van der Waals surface area contributed by atoms with Crippen molar-refractivity contribution in [2.75, 3.05) is 24.6 Å². The van der Waals surface area contributed by atoms with E-state index in [-0.39, 0.29) is 30.7 Å². The van der Waals surface area contributed by atoms with Gasteiger partial charge in [0.05, 0.1) is 6.54 Å². The molecule has 1 fully saturated rings. The molecule has 1 aromatic heterocycles. The molecular formula is C27H23F3N2O5. The Bertz CT molecular complexity index is 1400. The van der Waals surface area contributed by atoms with Crippen molar-refractivity contribution < 1.29 is 37.0 Å². The van der Waals surface area contributed by atoms with Gasteiger partial charge in [0.25, 0.3) is 0 Å². The summed E-state index contributed by atoms with van der Waals surface area (Å²) in [6.45, 7) is 0.779. The number of rotatable bonds is 3. The number of para-hydroxylation sites is 1. The number of likely N-dealkylation sites (tertiary alicyclic amines) is 1. The van der Waals surface area contributed by atoms with Gasteiger partial charge in [-0.05, 0) is 48.2 Å². The minimum atomic E-state index is -4.61. The van der Waals surface area contributed by atoms with Crippen LogP contribution >= 0.6 is 0 Å². The maximum Gasteiger partial charge on any atom is 0.449 e. The van der Waals surface area contributed by atoms with Crippen LogP contribution in [0.15, 0.2) is 59.0 Å². The van der Waals surface area contributed by atoms with E-state index in [2.05, 4.69) is 0 Å². The summed E-state index contributed by atoms with van der Waals surface area (Å²) in [6, 6.07) is 15.0. The normalized spacial score (nSPS) is 22.8. The molecule has 1 saturated heterocycles. The maximum absolute atomic E-state index is 14.1. The first-order chi connectivity index (χ1) is 17.7. The average molecular weight is 512 g/mol. The topological polar surface area (TPSA) is 83.2 Å². The van der Waals surface area contributed by atoms with Crippen molar-refractivity contribution in [3.05, 3.63) is 82.8 Å². The molecule has 1 spiro atoms. The van der Waals surface area contributed by atoms with Crippen molar-refractivity contribution in [2.45, 2.75) is 36.9 Å². The molecule has 6 rings (SSSR count). The zero-order valence-electron chi connectivity index (χ0n) is 19.6. The lowest BCUT2D eigenvalue weighted by Crippen LogP contribution is -2.42. The Balaban J connectivity index is 1.38. The fourth-order valence-corrected chi connectivity index (χ4v) is 5.80. The van der Waals surface area contributed by atoms with Gasteiger partial charge in [-0.2, -0.15) is 13.2 Å². The Labute approximate surface area is 210 Å². The van der Waals surface area contributed by atoms with Crippen molar-refractivity contribution in [3.8, 4) is 5.75 Å². The highest BCUT2D eigenvalue weighted by molar-refractivity contribution is 6.11. The first-order valence-corrected chi connectivity index (χ1v) is 12.0. The zero-order valence-corrected chi connectivity index (χ0v) is 19.6. The Kier molecular flexibility index (Phi) is 5.25. The number of carboxylic acid groups (broad SMARTS) is 1. The SMILES string of the molecule is O=C(O)N1CCCC(c2ccc3c(c2)C2(CO3)C(=O)N(Cc3ccc(C(F)(F)F)o3)c3ccccc32)C1. The van der Waals surface area contributed by atoms with Gasteiger partial charge in [0.1, 0.15) is 23.5 Å². The first-order valence-electron chi connectivity index (χ1n) is 12.0. The second kappa shape index (κ2) is 8.29. The van der Waals surface area contributed by atoms with Gasteiger partial charge in [-0.25, -0.2) is 4.79 Å². The number of anilines is 1. The summed E-state index contributed by atoms with van der Waals surface area (Å²) in [6.07, 6.45) is -3.99. The summed E-state index contributed by atoms with van der Waals surface area (Å²) in [7, 11) is 0. The summed E-state index contributed by atoms with van der Waals surface area (Å²) >= 11 is 0. The lowest BCUT2D eigenvalue weighted by molar-refractivity contribution is -0.153.